The molecule has 0 bridgehead atoms. The largest absolute Gasteiger partial charge is 0.480 e. The lowest BCUT2D eigenvalue weighted by molar-refractivity contribution is -0.143. The van der Waals surface area contributed by atoms with Crippen LogP contribution in [0.1, 0.15) is 25.0 Å². The van der Waals surface area contributed by atoms with Crippen molar-refractivity contribution in [2.75, 3.05) is 24.3 Å². The van der Waals surface area contributed by atoms with E-state index in [0.29, 0.717) is 30.8 Å². The minimum atomic E-state index is -1.15. The van der Waals surface area contributed by atoms with E-state index in [1.54, 1.807) is 0 Å². The topological polar surface area (TPSA) is 171 Å². The molecule has 1 aliphatic rings. The Hall–Kier alpha value is -2.25. The zero-order chi connectivity index (χ0) is 23.7. The number of aliphatic carboxylic acids is 1. The molecule has 13 heteroatoms. The summed E-state index contributed by atoms with van der Waals surface area (Å²) < 4.78 is 0. The molecule has 1 aromatic heterocycles. The van der Waals surface area contributed by atoms with Gasteiger partial charge in [0.1, 0.15) is 18.1 Å². The smallest absolute Gasteiger partial charge is 0.326 e. The Morgan fingerprint density at radius 2 is 2.12 bits per heavy atom. The Bertz CT molecular complexity index is 793. The van der Waals surface area contributed by atoms with Crippen molar-refractivity contribution in [1.82, 2.24) is 25.5 Å². The number of aromatic amines is 1. The van der Waals surface area contributed by atoms with Gasteiger partial charge >= 0.3 is 5.97 Å². The number of carboxylic acids is 1. The van der Waals surface area contributed by atoms with E-state index in [-0.39, 0.29) is 24.5 Å². The highest BCUT2D eigenvalue weighted by atomic mass is 32.2. The van der Waals surface area contributed by atoms with Crippen LogP contribution in [-0.4, -0.2) is 92.1 Å². The number of nitrogens with zero attached hydrogens (tertiary/aromatic N) is 2. The third kappa shape index (κ3) is 7.14. The first-order chi connectivity index (χ1) is 15.3. The fourth-order valence-corrected chi connectivity index (χ4v) is 4.08. The molecule has 11 nitrogen and oxygen atoms in total. The van der Waals surface area contributed by atoms with Crippen LogP contribution in [-0.2, 0) is 25.6 Å². The molecular formula is C19H30N6O5S2. The monoisotopic (exact) mass is 486 g/mol. The van der Waals surface area contributed by atoms with E-state index < -0.39 is 42.0 Å². The molecule has 1 aliphatic heterocycles. The van der Waals surface area contributed by atoms with Crippen LogP contribution in [0.4, 0.5) is 0 Å². The lowest BCUT2D eigenvalue weighted by Crippen LogP contribution is -2.57. The van der Waals surface area contributed by atoms with Crippen LogP contribution in [0, 0.1) is 0 Å². The number of hydrogen-bond donors (Lipinski definition) is 6. The van der Waals surface area contributed by atoms with E-state index in [9.17, 15) is 24.3 Å². The molecule has 4 unspecified atom stereocenters. The second kappa shape index (κ2) is 12.7. The molecule has 6 N–H and O–H groups in total. The Balaban J connectivity index is 2.14. The Morgan fingerprint density at radius 1 is 1.38 bits per heavy atom. The number of hydrogen-bond acceptors (Lipinski definition) is 8. The van der Waals surface area contributed by atoms with Crippen molar-refractivity contribution in [3.05, 3.63) is 18.2 Å². The molecule has 1 saturated heterocycles. The van der Waals surface area contributed by atoms with Gasteiger partial charge in [-0.3, -0.25) is 14.4 Å². The second-order valence-corrected chi connectivity index (χ2v) is 8.85. The van der Waals surface area contributed by atoms with Crippen LogP contribution in [0.3, 0.4) is 0 Å². The molecule has 0 spiro atoms. The van der Waals surface area contributed by atoms with Gasteiger partial charge < -0.3 is 31.4 Å². The van der Waals surface area contributed by atoms with Gasteiger partial charge in [-0.15, -0.1) is 0 Å². The van der Waals surface area contributed by atoms with E-state index in [1.165, 1.54) is 29.2 Å². The summed E-state index contributed by atoms with van der Waals surface area (Å²) in [6.07, 6.45) is 6.23. The summed E-state index contributed by atoms with van der Waals surface area (Å²) in [4.78, 5) is 58.2. The summed E-state index contributed by atoms with van der Waals surface area (Å²) in [7, 11) is 0. The van der Waals surface area contributed by atoms with Crippen molar-refractivity contribution in [2.45, 2.75) is 49.9 Å². The molecule has 1 fully saturated rings. The molecular weight excluding hydrogens is 456 g/mol. The highest BCUT2D eigenvalue weighted by Gasteiger charge is 2.37. The fourth-order valence-electron chi connectivity index (χ4n) is 3.45. The molecule has 4 atom stereocenters. The summed E-state index contributed by atoms with van der Waals surface area (Å²) in [6.45, 7) is 0.394. The Kier molecular flexibility index (Phi) is 10.3. The Morgan fingerprint density at radius 3 is 2.72 bits per heavy atom. The standard InChI is InChI=1S/C19H30N6O5S2/c1-32-6-4-13(19(29)30)23-16(26)14(7-11-8-21-10-22-11)24-17(27)15-3-2-5-25(15)18(28)12(20)9-31/h8,10,12-15,31H,2-7,9,20H2,1H3,(H,21,22)(H,23,26)(H,24,27)(H,29,30). The SMILES string of the molecule is CSCCC(NC(=O)C(Cc1cnc[nH]1)NC(=O)C1CCCN1C(=O)C(N)CS)C(=O)O. The van der Waals surface area contributed by atoms with E-state index in [0.717, 1.165) is 0 Å². The van der Waals surface area contributed by atoms with E-state index >= 15 is 0 Å². The fraction of sp³-hybridized carbons (Fsp3) is 0.632. The van der Waals surface area contributed by atoms with Crippen molar-refractivity contribution in [1.29, 1.82) is 0 Å². The summed E-state index contributed by atoms with van der Waals surface area (Å²) in [5.74, 6) is -1.91. The first kappa shape index (κ1) is 26.0. The lowest BCUT2D eigenvalue weighted by atomic mass is 10.1. The number of amides is 3. The molecule has 32 heavy (non-hydrogen) atoms. The Labute approximate surface area is 196 Å². The predicted octanol–water partition coefficient (Wildman–Crippen LogP) is -0.992. The van der Waals surface area contributed by atoms with E-state index in [2.05, 4.69) is 33.2 Å². The van der Waals surface area contributed by atoms with Crippen molar-refractivity contribution in [2.24, 2.45) is 5.73 Å². The molecule has 1 aromatic rings. The zero-order valence-electron chi connectivity index (χ0n) is 17.8. The number of nitrogens with one attached hydrogen (secondary N) is 3. The van der Waals surface area contributed by atoms with E-state index in [4.69, 9.17) is 5.73 Å². The zero-order valence-corrected chi connectivity index (χ0v) is 19.5. The number of carboxylic acid groups (broad SMARTS) is 1. The second-order valence-electron chi connectivity index (χ2n) is 7.50. The maximum atomic E-state index is 13.0. The van der Waals surface area contributed by atoms with Crippen LogP contribution in [0.2, 0.25) is 0 Å². The van der Waals surface area contributed by atoms with Crippen LogP contribution in [0.15, 0.2) is 12.5 Å². The summed E-state index contributed by atoms with van der Waals surface area (Å²) in [5, 5.41) is 14.6. The van der Waals surface area contributed by atoms with Gasteiger partial charge in [-0.25, -0.2) is 9.78 Å². The molecule has 2 heterocycles. The number of thioether (sulfide) groups is 1. The van der Waals surface area contributed by atoms with E-state index in [1.807, 2.05) is 6.26 Å². The maximum Gasteiger partial charge on any atom is 0.326 e. The summed E-state index contributed by atoms with van der Waals surface area (Å²) in [6, 6.07) is -3.69. The summed E-state index contributed by atoms with van der Waals surface area (Å²) >= 11 is 5.52. The van der Waals surface area contributed by atoms with Gasteiger partial charge in [0, 0.05) is 30.6 Å². The first-order valence-electron chi connectivity index (χ1n) is 10.2. The molecule has 0 radical (unpaired) electrons. The van der Waals surface area contributed by atoms with Gasteiger partial charge in [-0.1, -0.05) is 0 Å². The highest BCUT2D eigenvalue weighted by molar-refractivity contribution is 7.98. The maximum absolute atomic E-state index is 13.0. The molecule has 0 saturated carbocycles. The van der Waals surface area contributed by atoms with Gasteiger partial charge in [0.15, 0.2) is 0 Å². The average Bonchev–Trinajstić information content (AvgIpc) is 3.46. The predicted molar refractivity (Wildman–Crippen MR) is 123 cm³/mol. The number of imidazole rings is 1. The van der Waals surface area contributed by atoms with Crippen LogP contribution in [0.5, 0.6) is 0 Å². The van der Waals surface area contributed by atoms with Crippen molar-refractivity contribution < 1.29 is 24.3 Å². The number of carbonyl (C=O) groups is 4. The van der Waals surface area contributed by atoms with Gasteiger partial charge in [0.25, 0.3) is 0 Å². The lowest BCUT2D eigenvalue weighted by Gasteiger charge is -2.28. The minimum absolute atomic E-state index is 0.0866. The first-order valence-corrected chi connectivity index (χ1v) is 12.3. The highest BCUT2D eigenvalue weighted by Crippen LogP contribution is 2.19. The normalized spacial score (nSPS) is 18.6. The minimum Gasteiger partial charge on any atom is -0.480 e. The van der Waals surface area contributed by atoms with Crippen LogP contribution >= 0.6 is 24.4 Å². The van der Waals surface area contributed by atoms with Gasteiger partial charge in [-0.05, 0) is 31.3 Å². The number of thiol groups is 1. The molecule has 3 amide bonds. The molecule has 2 rings (SSSR count). The molecule has 0 aromatic carbocycles. The average molecular weight is 487 g/mol. The number of H-pyrrole nitrogens is 1. The quantitative estimate of drug-likeness (QED) is 0.204. The van der Waals surface area contributed by atoms with Gasteiger partial charge in [0.05, 0.1) is 12.4 Å². The van der Waals surface area contributed by atoms with Crippen molar-refractivity contribution >= 4 is 48.1 Å². The molecule has 0 aliphatic carbocycles. The van der Waals surface area contributed by atoms with Crippen LogP contribution in [0.25, 0.3) is 0 Å². The molecule has 178 valence electrons. The van der Waals surface area contributed by atoms with Crippen molar-refractivity contribution in [3.8, 4) is 0 Å². The number of nitrogens with two attached hydrogens (primary N) is 1. The van der Waals surface area contributed by atoms with Gasteiger partial charge in [-0.2, -0.15) is 24.4 Å². The third-order valence-electron chi connectivity index (χ3n) is 5.19. The van der Waals surface area contributed by atoms with Crippen molar-refractivity contribution in [3.63, 3.8) is 0 Å². The number of carbonyl (C=O) groups excluding carboxylic acids is 3. The third-order valence-corrected chi connectivity index (χ3v) is 6.23. The number of likely N-dealkylation sites (tertiary alicyclic amines) is 1. The van der Waals surface area contributed by atoms with Gasteiger partial charge in [0.2, 0.25) is 17.7 Å². The summed E-state index contributed by atoms with van der Waals surface area (Å²) in [5.41, 5.74) is 6.39. The number of aromatic nitrogens is 2. The number of rotatable bonds is 12. The van der Waals surface area contributed by atoms with Crippen LogP contribution < -0.4 is 16.4 Å².